The van der Waals surface area contributed by atoms with Crippen molar-refractivity contribution in [3.63, 3.8) is 0 Å². The highest BCUT2D eigenvalue weighted by molar-refractivity contribution is 8.00. The molecule has 0 aromatic rings. The summed E-state index contributed by atoms with van der Waals surface area (Å²) in [6, 6.07) is 0. The van der Waals surface area contributed by atoms with Gasteiger partial charge in [-0.1, -0.05) is 0 Å². The van der Waals surface area contributed by atoms with Crippen LogP contribution in [0.25, 0.3) is 0 Å². The van der Waals surface area contributed by atoms with Crippen LogP contribution in [0.1, 0.15) is 0 Å². The number of hydrogen-bond donors (Lipinski definition) is 0. The Morgan fingerprint density at radius 1 is 0.880 bits per heavy atom. The number of piperazine rings is 1. The van der Waals surface area contributed by atoms with Crippen molar-refractivity contribution in [1.82, 2.24) is 19.6 Å². The van der Waals surface area contributed by atoms with Crippen molar-refractivity contribution in [2.24, 2.45) is 0 Å². The molecule has 3 rings (SSSR count). The molecule has 3 aliphatic rings. The molecule has 0 aromatic carbocycles. The lowest BCUT2D eigenvalue weighted by atomic mass is 10.2. The summed E-state index contributed by atoms with van der Waals surface area (Å²) in [4.78, 5) is 54.7. The molecular weight excluding hydrogens is 348 g/mol. The zero-order chi connectivity index (χ0) is 17.8. The molecule has 0 atom stereocenters. The number of carbonyl (C=O) groups is 4. The molecule has 0 unspecified atom stereocenters. The van der Waals surface area contributed by atoms with Gasteiger partial charge in [0.2, 0.25) is 11.8 Å². The fourth-order valence-corrected chi connectivity index (χ4v) is 3.90. The number of rotatable bonds is 2. The van der Waals surface area contributed by atoms with Gasteiger partial charge in [0.15, 0.2) is 0 Å². The Morgan fingerprint density at radius 2 is 1.44 bits per heavy atom. The molecule has 3 saturated heterocycles. The fourth-order valence-electron chi connectivity index (χ4n) is 3.00. The van der Waals surface area contributed by atoms with Crippen LogP contribution in [0.15, 0.2) is 0 Å². The van der Waals surface area contributed by atoms with E-state index in [4.69, 9.17) is 4.74 Å². The van der Waals surface area contributed by atoms with Gasteiger partial charge in [-0.25, -0.2) is 0 Å². The normalized spacial score (nSPS) is 21.7. The van der Waals surface area contributed by atoms with Crippen LogP contribution < -0.4 is 0 Å². The average Bonchev–Trinajstić information content (AvgIpc) is 3.06. The van der Waals surface area contributed by atoms with E-state index in [9.17, 15) is 19.2 Å². The van der Waals surface area contributed by atoms with E-state index in [0.29, 0.717) is 64.1 Å². The topological polar surface area (TPSA) is 90.5 Å². The van der Waals surface area contributed by atoms with Crippen LogP contribution in [0.2, 0.25) is 0 Å². The predicted molar refractivity (Wildman–Crippen MR) is 89.6 cm³/mol. The van der Waals surface area contributed by atoms with Crippen LogP contribution >= 0.6 is 11.8 Å². The van der Waals surface area contributed by atoms with Crippen LogP contribution in [0.4, 0.5) is 0 Å². The van der Waals surface area contributed by atoms with Crippen LogP contribution in [0.3, 0.4) is 0 Å². The van der Waals surface area contributed by atoms with Gasteiger partial charge in [0.25, 0.3) is 0 Å². The summed E-state index contributed by atoms with van der Waals surface area (Å²) in [7, 11) is 0. The first-order valence-corrected chi connectivity index (χ1v) is 9.51. The maximum Gasteiger partial charge on any atom is 0.312 e. The molecule has 0 aliphatic carbocycles. The van der Waals surface area contributed by atoms with Gasteiger partial charge in [0, 0.05) is 39.3 Å². The Morgan fingerprint density at radius 3 is 2.00 bits per heavy atom. The van der Waals surface area contributed by atoms with E-state index >= 15 is 0 Å². The van der Waals surface area contributed by atoms with Crippen molar-refractivity contribution in [2.45, 2.75) is 0 Å². The van der Waals surface area contributed by atoms with Crippen molar-refractivity contribution < 1.29 is 23.9 Å². The van der Waals surface area contributed by atoms with Gasteiger partial charge in [-0.05, 0) is 0 Å². The van der Waals surface area contributed by atoms with E-state index < -0.39 is 11.8 Å². The SMILES string of the molecule is O=C(CN1CSCC1=O)N1CCN(C(=O)C(=O)N2CCOCC2)CC1. The van der Waals surface area contributed by atoms with Crippen molar-refractivity contribution in [1.29, 1.82) is 0 Å². The van der Waals surface area contributed by atoms with E-state index in [1.807, 2.05) is 0 Å². The summed E-state index contributed by atoms with van der Waals surface area (Å²) < 4.78 is 5.19. The highest BCUT2D eigenvalue weighted by atomic mass is 32.2. The summed E-state index contributed by atoms with van der Waals surface area (Å²) >= 11 is 1.50. The number of thioether (sulfide) groups is 1. The molecule has 3 fully saturated rings. The molecule has 0 saturated carbocycles. The van der Waals surface area contributed by atoms with Crippen molar-refractivity contribution in [2.75, 3.05) is 70.7 Å². The Balaban J connectivity index is 1.46. The predicted octanol–water partition coefficient (Wildman–Crippen LogP) is -1.95. The minimum Gasteiger partial charge on any atom is -0.378 e. The molecule has 0 bridgehead atoms. The third kappa shape index (κ3) is 4.24. The van der Waals surface area contributed by atoms with Crippen LogP contribution in [-0.4, -0.2) is 114 Å². The minimum absolute atomic E-state index is 0.0109. The number of morpholine rings is 1. The van der Waals surface area contributed by atoms with Crippen molar-refractivity contribution >= 4 is 35.4 Å². The molecule has 4 amide bonds. The largest absolute Gasteiger partial charge is 0.378 e. The summed E-state index contributed by atoms with van der Waals surface area (Å²) in [5, 5.41) is 0. The number of ether oxygens (including phenoxy) is 1. The number of nitrogens with zero attached hydrogens (tertiary/aromatic N) is 4. The van der Waals surface area contributed by atoms with Crippen LogP contribution in [0, 0.1) is 0 Å². The highest BCUT2D eigenvalue weighted by Crippen LogP contribution is 2.15. The summed E-state index contributed by atoms with van der Waals surface area (Å²) in [5.74, 6) is -0.148. The van der Waals surface area contributed by atoms with Crippen LogP contribution in [-0.2, 0) is 23.9 Å². The molecule has 0 N–H and O–H groups in total. The van der Waals surface area contributed by atoms with E-state index in [2.05, 4.69) is 0 Å². The molecule has 25 heavy (non-hydrogen) atoms. The van der Waals surface area contributed by atoms with Crippen molar-refractivity contribution in [3.05, 3.63) is 0 Å². The second kappa shape index (κ2) is 8.05. The van der Waals surface area contributed by atoms with E-state index in [1.54, 1.807) is 9.80 Å². The molecule has 3 heterocycles. The minimum atomic E-state index is -0.514. The summed E-state index contributed by atoms with van der Waals surface area (Å²) in [5.41, 5.74) is 0. The number of carbonyl (C=O) groups excluding carboxylic acids is 4. The van der Waals surface area contributed by atoms with Gasteiger partial charge in [-0.15, -0.1) is 11.8 Å². The number of amides is 4. The molecule has 9 nitrogen and oxygen atoms in total. The third-order valence-corrected chi connectivity index (χ3v) is 5.50. The molecule has 138 valence electrons. The first-order chi connectivity index (χ1) is 12.1. The monoisotopic (exact) mass is 370 g/mol. The highest BCUT2D eigenvalue weighted by Gasteiger charge is 2.32. The molecule has 0 aromatic heterocycles. The number of hydrogen-bond acceptors (Lipinski definition) is 6. The molecule has 10 heteroatoms. The van der Waals surface area contributed by atoms with Crippen LogP contribution in [0.5, 0.6) is 0 Å². The zero-order valence-electron chi connectivity index (χ0n) is 14.0. The molecule has 3 aliphatic heterocycles. The summed E-state index contributed by atoms with van der Waals surface area (Å²) in [6.07, 6.45) is 0. The lowest BCUT2D eigenvalue weighted by molar-refractivity contribution is -0.155. The molecule has 0 radical (unpaired) electrons. The van der Waals surface area contributed by atoms with Gasteiger partial charge >= 0.3 is 11.8 Å². The van der Waals surface area contributed by atoms with E-state index in [-0.39, 0.29) is 18.4 Å². The average molecular weight is 370 g/mol. The second-order valence-electron chi connectivity index (χ2n) is 6.15. The Labute approximate surface area is 150 Å². The Kier molecular flexibility index (Phi) is 5.79. The smallest absolute Gasteiger partial charge is 0.312 e. The standard InChI is InChI=1S/C15H22N4O5S/c20-12(9-19-11-25-10-13(19)21)16-1-3-17(4-2-16)14(22)15(23)18-5-7-24-8-6-18/h1-11H2. The van der Waals surface area contributed by atoms with Gasteiger partial charge in [0.1, 0.15) is 6.54 Å². The Hall–Kier alpha value is -1.81. The summed E-state index contributed by atoms with van der Waals surface area (Å²) in [6.45, 7) is 3.31. The fraction of sp³-hybridized carbons (Fsp3) is 0.733. The maximum atomic E-state index is 12.3. The quantitative estimate of drug-likeness (QED) is 0.525. The maximum absolute atomic E-state index is 12.3. The second-order valence-corrected chi connectivity index (χ2v) is 7.10. The van der Waals surface area contributed by atoms with E-state index in [0.717, 1.165) is 0 Å². The van der Waals surface area contributed by atoms with Crippen molar-refractivity contribution in [3.8, 4) is 0 Å². The third-order valence-electron chi connectivity index (χ3n) is 4.55. The van der Waals surface area contributed by atoms with Gasteiger partial charge in [0.05, 0.1) is 24.8 Å². The lowest BCUT2D eigenvalue weighted by Crippen LogP contribution is -2.56. The molecule has 0 spiro atoms. The van der Waals surface area contributed by atoms with Gasteiger partial charge < -0.3 is 24.3 Å². The zero-order valence-corrected chi connectivity index (χ0v) is 14.8. The van der Waals surface area contributed by atoms with Gasteiger partial charge in [-0.2, -0.15) is 0 Å². The van der Waals surface area contributed by atoms with Gasteiger partial charge in [-0.3, -0.25) is 19.2 Å². The Bertz CT molecular complexity index is 558. The first kappa shape index (κ1) is 18.0. The molecular formula is C15H22N4O5S. The first-order valence-electron chi connectivity index (χ1n) is 8.35. The van der Waals surface area contributed by atoms with E-state index in [1.165, 1.54) is 21.6 Å². The lowest BCUT2D eigenvalue weighted by Gasteiger charge is -2.36.